The van der Waals surface area contributed by atoms with Gasteiger partial charge in [-0.15, -0.1) is 0 Å². The highest BCUT2D eigenvalue weighted by Gasteiger charge is 2.60. The van der Waals surface area contributed by atoms with E-state index in [0.717, 1.165) is 5.06 Å². The lowest BCUT2D eigenvalue weighted by Crippen LogP contribution is -2.63. The zero-order valence-corrected chi connectivity index (χ0v) is 17.2. The average Bonchev–Trinajstić information content (AvgIpc) is 3.13. The Kier molecular flexibility index (Phi) is 6.74. The molecule has 1 saturated heterocycles. The Morgan fingerprint density at radius 2 is 1.87 bits per heavy atom. The maximum Gasteiger partial charge on any atom is 0.267 e. The van der Waals surface area contributed by atoms with E-state index < -0.39 is 33.3 Å². The van der Waals surface area contributed by atoms with E-state index >= 15 is 0 Å². The van der Waals surface area contributed by atoms with Gasteiger partial charge in [0.2, 0.25) is 0 Å². The van der Waals surface area contributed by atoms with Gasteiger partial charge in [-0.05, 0) is 36.2 Å². The zero-order chi connectivity index (χ0) is 21.8. The molecule has 2 aromatic rings. The van der Waals surface area contributed by atoms with Crippen molar-refractivity contribution in [1.82, 2.24) is 10.5 Å². The molecule has 1 fully saturated rings. The third-order valence-electron chi connectivity index (χ3n) is 5.36. The first-order valence-corrected chi connectivity index (χ1v) is 10.8. The quantitative estimate of drug-likeness (QED) is 0.317. The maximum atomic E-state index is 13.6. The van der Waals surface area contributed by atoms with E-state index in [1.165, 1.54) is 31.4 Å². The number of carbonyl (C=O) groups is 1. The zero-order valence-electron chi connectivity index (χ0n) is 16.4. The normalized spacial score (nSPS) is 22.0. The van der Waals surface area contributed by atoms with Crippen molar-refractivity contribution < 1.29 is 33.1 Å². The van der Waals surface area contributed by atoms with Gasteiger partial charge < -0.3 is 9.84 Å². The van der Waals surface area contributed by atoms with Gasteiger partial charge in [-0.1, -0.05) is 30.3 Å². The average molecular weight is 436 g/mol. The summed E-state index contributed by atoms with van der Waals surface area (Å²) in [6.45, 7) is -0.675. The number of carbonyl (C=O) groups excluding carboxylic acids is 1. The van der Waals surface area contributed by atoms with Gasteiger partial charge >= 0.3 is 0 Å². The summed E-state index contributed by atoms with van der Waals surface area (Å²) in [5.41, 5.74) is 0.478. The Morgan fingerprint density at radius 3 is 2.43 bits per heavy atom. The molecule has 2 atom stereocenters. The molecular weight excluding hydrogens is 412 g/mol. The molecule has 1 aliphatic rings. The largest absolute Gasteiger partial charge is 0.497 e. The van der Waals surface area contributed by atoms with Crippen LogP contribution in [0.5, 0.6) is 5.75 Å². The second kappa shape index (κ2) is 9.11. The Balaban J connectivity index is 2.12. The SMILES string of the molecule is COc1ccc(S(=O)(=O)[C@@H]2CCN(OCO)[C@]2(Cc2ccccc2)C(=O)NO)cc1. The number of aliphatic hydroxyl groups is 1. The van der Waals surface area contributed by atoms with Crippen LogP contribution in [0, 0.1) is 0 Å². The Bertz CT molecular complexity index is 966. The monoisotopic (exact) mass is 436 g/mol. The van der Waals surface area contributed by atoms with Crippen LogP contribution in [0.3, 0.4) is 0 Å². The topological polar surface area (TPSA) is 125 Å². The van der Waals surface area contributed by atoms with E-state index in [0.29, 0.717) is 11.3 Å². The van der Waals surface area contributed by atoms with Crippen molar-refractivity contribution in [2.24, 2.45) is 0 Å². The Hall–Kier alpha value is -2.50. The highest BCUT2D eigenvalue weighted by Crippen LogP contribution is 2.40. The van der Waals surface area contributed by atoms with Crippen LogP contribution < -0.4 is 10.2 Å². The lowest BCUT2D eigenvalue weighted by atomic mass is 9.87. The Morgan fingerprint density at radius 1 is 1.20 bits per heavy atom. The molecule has 10 heteroatoms. The molecule has 0 unspecified atom stereocenters. The standard InChI is InChI=1S/C20H24N2O7S/c1-28-16-7-9-17(10-8-16)30(26,27)18-11-12-22(29-14-23)20(18,19(24)21-25)13-15-5-3-2-4-6-15/h2-10,18,23,25H,11-14H2,1H3,(H,21,24)/t18-,20+/m1/s1. The summed E-state index contributed by atoms with van der Waals surface area (Å²) < 4.78 is 32.2. The Labute approximate surface area is 174 Å². The minimum Gasteiger partial charge on any atom is -0.497 e. The number of amides is 1. The van der Waals surface area contributed by atoms with Gasteiger partial charge in [0.15, 0.2) is 16.6 Å². The molecule has 0 radical (unpaired) electrons. The van der Waals surface area contributed by atoms with Crippen molar-refractivity contribution >= 4 is 15.7 Å². The fourth-order valence-corrected chi connectivity index (χ4v) is 6.05. The number of nitrogens with one attached hydrogen (secondary N) is 1. The van der Waals surface area contributed by atoms with Crippen LogP contribution >= 0.6 is 0 Å². The van der Waals surface area contributed by atoms with Gasteiger partial charge in [-0.2, -0.15) is 5.06 Å². The van der Waals surface area contributed by atoms with Crippen molar-refractivity contribution in [3.63, 3.8) is 0 Å². The van der Waals surface area contributed by atoms with Gasteiger partial charge in [0.25, 0.3) is 5.91 Å². The minimum atomic E-state index is -4.03. The number of rotatable bonds is 8. The van der Waals surface area contributed by atoms with Gasteiger partial charge in [-0.3, -0.25) is 14.8 Å². The molecule has 0 saturated carbocycles. The van der Waals surface area contributed by atoms with Crippen molar-refractivity contribution in [2.75, 3.05) is 20.4 Å². The maximum absolute atomic E-state index is 13.6. The molecule has 9 nitrogen and oxygen atoms in total. The van der Waals surface area contributed by atoms with E-state index in [2.05, 4.69) is 0 Å². The number of methoxy groups -OCH3 is 1. The summed E-state index contributed by atoms with van der Waals surface area (Å²) in [6, 6.07) is 14.7. The second-order valence-corrected chi connectivity index (χ2v) is 9.02. The third kappa shape index (κ3) is 3.92. The van der Waals surface area contributed by atoms with Crippen LogP contribution in [0.25, 0.3) is 0 Å². The molecule has 3 rings (SSSR count). The van der Waals surface area contributed by atoms with Crippen molar-refractivity contribution in [3.05, 3.63) is 60.2 Å². The molecule has 3 N–H and O–H groups in total. The van der Waals surface area contributed by atoms with Crippen LogP contribution in [0.1, 0.15) is 12.0 Å². The first kappa shape index (κ1) is 22.2. The van der Waals surface area contributed by atoms with Gasteiger partial charge in [0, 0.05) is 13.0 Å². The molecule has 0 spiro atoms. The fourth-order valence-electron chi connectivity index (χ4n) is 3.97. The van der Waals surface area contributed by atoms with Crippen LogP contribution in [0.4, 0.5) is 0 Å². The number of sulfone groups is 1. The first-order chi connectivity index (χ1) is 14.4. The number of ether oxygens (including phenoxy) is 1. The van der Waals surface area contributed by atoms with E-state index in [9.17, 15) is 23.5 Å². The number of benzene rings is 2. The van der Waals surface area contributed by atoms with Crippen molar-refractivity contribution in [2.45, 2.75) is 28.5 Å². The molecule has 0 aromatic heterocycles. The van der Waals surface area contributed by atoms with Crippen LogP contribution in [0.15, 0.2) is 59.5 Å². The van der Waals surface area contributed by atoms with Crippen LogP contribution in [0.2, 0.25) is 0 Å². The summed E-state index contributed by atoms with van der Waals surface area (Å²) in [5, 5.41) is 18.7. The van der Waals surface area contributed by atoms with E-state index in [1.807, 2.05) is 0 Å². The van der Waals surface area contributed by atoms with E-state index in [1.54, 1.807) is 35.8 Å². The first-order valence-electron chi connectivity index (χ1n) is 9.28. The number of hydrogen-bond acceptors (Lipinski definition) is 8. The summed E-state index contributed by atoms with van der Waals surface area (Å²) in [5.74, 6) is -0.436. The number of nitrogens with zero attached hydrogens (tertiary/aromatic N) is 1. The molecule has 1 aliphatic heterocycles. The highest BCUT2D eigenvalue weighted by atomic mass is 32.2. The molecule has 162 valence electrons. The second-order valence-electron chi connectivity index (χ2n) is 6.89. The van der Waals surface area contributed by atoms with Crippen LogP contribution in [-0.2, 0) is 25.9 Å². The van der Waals surface area contributed by atoms with E-state index in [-0.39, 0.29) is 24.3 Å². The summed E-state index contributed by atoms with van der Waals surface area (Å²) in [7, 11) is -2.56. The third-order valence-corrected chi connectivity index (χ3v) is 7.66. The molecule has 1 amide bonds. The highest BCUT2D eigenvalue weighted by molar-refractivity contribution is 7.92. The van der Waals surface area contributed by atoms with Gasteiger partial charge in [0.1, 0.15) is 11.3 Å². The van der Waals surface area contributed by atoms with Gasteiger partial charge in [-0.25, -0.2) is 13.9 Å². The lowest BCUT2D eigenvalue weighted by molar-refractivity contribution is -0.242. The molecule has 2 aromatic carbocycles. The predicted octanol–water partition coefficient (Wildman–Crippen LogP) is 0.911. The lowest BCUT2D eigenvalue weighted by Gasteiger charge is -2.38. The van der Waals surface area contributed by atoms with E-state index in [4.69, 9.17) is 9.57 Å². The molecule has 30 heavy (non-hydrogen) atoms. The smallest absolute Gasteiger partial charge is 0.267 e. The summed E-state index contributed by atoms with van der Waals surface area (Å²) in [4.78, 5) is 18.2. The number of aliphatic hydroxyl groups excluding tert-OH is 1. The summed E-state index contributed by atoms with van der Waals surface area (Å²) in [6.07, 6.45) is 0.00883. The molecule has 0 aliphatic carbocycles. The van der Waals surface area contributed by atoms with Crippen molar-refractivity contribution in [3.8, 4) is 5.75 Å². The minimum absolute atomic E-state index is 0.0160. The molecule has 1 heterocycles. The molecule has 0 bridgehead atoms. The van der Waals surface area contributed by atoms with Gasteiger partial charge in [0.05, 0.1) is 17.3 Å². The summed E-state index contributed by atoms with van der Waals surface area (Å²) >= 11 is 0. The fraction of sp³-hybridized carbons (Fsp3) is 0.350. The van der Waals surface area contributed by atoms with Crippen molar-refractivity contribution in [1.29, 1.82) is 0 Å². The van der Waals surface area contributed by atoms with Crippen LogP contribution in [-0.4, -0.2) is 60.9 Å². The molecular formula is C20H24N2O7S. The number of hydroxylamine groups is 3. The number of hydrogen-bond donors (Lipinski definition) is 3. The predicted molar refractivity (Wildman–Crippen MR) is 106 cm³/mol.